The van der Waals surface area contributed by atoms with Gasteiger partial charge >= 0.3 is 0 Å². The van der Waals surface area contributed by atoms with Gasteiger partial charge in [-0.05, 0) is 37.1 Å². The molecule has 0 aliphatic carbocycles. The molecular formula is C15H15FO. The Bertz CT molecular complexity index is 517. The number of aliphatic hydroxyl groups excluding tert-OH is 1. The molecule has 1 unspecified atom stereocenters. The molecule has 0 saturated carbocycles. The van der Waals surface area contributed by atoms with Gasteiger partial charge in [-0.1, -0.05) is 36.6 Å². The number of hydrogen-bond acceptors (Lipinski definition) is 1. The third-order valence-electron chi connectivity index (χ3n) is 2.19. The summed E-state index contributed by atoms with van der Waals surface area (Å²) in [6.45, 7) is 11.0. The third kappa shape index (κ3) is 3.58. The fourth-order valence-electron chi connectivity index (χ4n) is 1.42. The molecule has 17 heavy (non-hydrogen) atoms. The normalized spacial score (nSPS) is 11.3. The average molecular weight is 230 g/mol. The number of rotatable bonds is 2. The second kappa shape index (κ2) is 5.47. The smallest absolute Gasteiger partial charge is 0.141 e. The highest BCUT2D eigenvalue weighted by Crippen LogP contribution is 2.24. The highest BCUT2D eigenvalue weighted by molar-refractivity contribution is 5.65. The molecule has 1 N–H and O–H groups in total. The molecule has 1 atom stereocenters. The summed E-state index contributed by atoms with van der Waals surface area (Å²) in [7, 11) is 0. The third-order valence-corrected chi connectivity index (χ3v) is 2.19. The van der Waals surface area contributed by atoms with Crippen LogP contribution in [0.1, 0.15) is 31.1 Å². The lowest BCUT2D eigenvalue weighted by molar-refractivity contribution is 0.237. The molecule has 2 heteroatoms. The van der Waals surface area contributed by atoms with Crippen molar-refractivity contribution in [1.29, 1.82) is 0 Å². The van der Waals surface area contributed by atoms with E-state index in [1.54, 1.807) is 19.9 Å². The van der Waals surface area contributed by atoms with E-state index in [1.807, 2.05) is 0 Å². The van der Waals surface area contributed by atoms with E-state index in [2.05, 4.69) is 25.0 Å². The first kappa shape index (κ1) is 13.2. The molecule has 1 rings (SSSR count). The van der Waals surface area contributed by atoms with E-state index >= 15 is 0 Å². The van der Waals surface area contributed by atoms with E-state index < -0.39 is 11.9 Å². The van der Waals surface area contributed by atoms with Crippen molar-refractivity contribution in [2.45, 2.75) is 20.0 Å². The maximum atomic E-state index is 13.2. The van der Waals surface area contributed by atoms with Crippen molar-refractivity contribution in [3.8, 4) is 11.8 Å². The molecule has 1 nitrogen and oxygen atoms in total. The van der Waals surface area contributed by atoms with Gasteiger partial charge in [-0.15, -0.1) is 0 Å². The number of allylic oxidation sites excluding steroid dienone is 2. The van der Waals surface area contributed by atoms with Crippen molar-refractivity contribution >= 4 is 5.57 Å². The van der Waals surface area contributed by atoms with Gasteiger partial charge in [-0.2, -0.15) is 0 Å². The average Bonchev–Trinajstić information content (AvgIpc) is 2.25. The van der Waals surface area contributed by atoms with E-state index in [-0.39, 0.29) is 0 Å². The summed E-state index contributed by atoms with van der Waals surface area (Å²) in [4.78, 5) is 0. The molecule has 1 aromatic rings. The van der Waals surface area contributed by atoms with Crippen molar-refractivity contribution < 1.29 is 9.50 Å². The first-order valence-electron chi connectivity index (χ1n) is 5.22. The predicted octanol–water partition coefficient (Wildman–Crippen LogP) is 3.47. The van der Waals surface area contributed by atoms with Crippen LogP contribution in [-0.4, -0.2) is 5.11 Å². The van der Waals surface area contributed by atoms with Crippen LogP contribution < -0.4 is 0 Å². The van der Waals surface area contributed by atoms with E-state index in [1.165, 1.54) is 12.1 Å². The van der Waals surface area contributed by atoms with E-state index in [4.69, 9.17) is 0 Å². The molecule has 0 aliphatic rings. The van der Waals surface area contributed by atoms with Crippen LogP contribution in [0, 0.1) is 17.7 Å². The number of aliphatic hydroxyl groups is 1. The lowest BCUT2D eigenvalue weighted by Crippen LogP contribution is -1.99. The van der Waals surface area contributed by atoms with Gasteiger partial charge in [0.05, 0.1) is 0 Å². The first-order chi connectivity index (χ1) is 7.91. The lowest BCUT2D eigenvalue weighted by atomic mass is 9.97. The zero-order chi connectivity index (χ0) is 13.0. The summed E-state index contributed by atoms with van der Waals surface area (Å²) in [5.41, 5.74) is 2.56. The zero-order valence-electron chi connectivity index (χ0n) is 10.0. The van der Waals surface area contributed by atoms with Crippen LogP contribution in [0.4, 0.5) is 4.39 Å². The van der Waals surface area contributed by atoms with Crippen molar-refractivity contribution in [3.63, 3.8) is 0 Å². The maximum Gasteiger partial charge on any atom is 0.141 e. The SMILES string of the molecule is C=C(C)C#CC(O)c1cc(F)ccc1C(=C)C. The minimum absolute atomic E-state index is 0.402. The fraction of sp³-hybridized carbons (Fsp3) is 0.200. The molecular weight excluding hydrogens is 215 g/mol. The number of benzene rings is 1. The molecule has 88 valence electrons. The van der Waals surface area contributed by atoms with E-state index in [0.717, 1.165) is 11.1 Å². The summed E-state index contributed by atoms with van der Waals surface area (Å²) in [6.07, 6.45) is -1.03. The fourth-order valence-corrected chi connectivity index (χ4v) is 1.42. The summed E-state index contributed by atoms with van der Waals surface area (Å²) < 4.78 is 13.2. The molecule has 0 amide bonds. The van der Waals surface area contributed by atoms with Gasteiger partial charge < -0.3 is 5.11 Å². The Labute approximate surface area is 101 Å². The second-order valence-electron chi connectivity index (χ2n) is 3.96. The van der Waals surface area contributed by atoms with Gasteiger partial charge in [0, 0.05) is 5.56 Å². The molecule has 0 bridgehead atoms. The standard InChI is InChI=1S/C15H15FO/c1-10(2)5-8-15(17)14-9-12(16)6-7-13(14)11(3)4/h6-7,9,15,17H,1,3H2,2,4H3. The number of hydrogen-bond donors (Lipinski definition) is 1. The molecule has 0 saturated heterocycles. The second-order valence-corrected chi connectivity index (χ2v) is 3.96. The van der Waals surface area contributed by atoms with Gasteiger partial charge in [0.1, 0.15) is 11.9 Å². The minimum Gasteiger partial charge on any atom is -0.376 e. The largest absolute Gasteiger partial charge is 0.376 e. The van der Waals surface area contributed by atoms with Crippen molar-refractivity contribution in [1.82, 2.24) is 0 Å². The Kier molecular flexibility index (Phi) is 4.25. The Hall–Kier alpha value is -1.85. The minimum atomic E-state index is -1.03. The zero-order valence-corrected chi connectivity index (χ0v) is 10.0. The summed E-state index contributed by atoms with van der Waals surface area (Å²) in [5, 5.41) is 9.90. The summed E-state index contributed by atoms with van der Waals surface area (Å²) >= 11 is 0. The van der Waals surface area contributed by atoms with Gasteiger partial charge in [-0.25, -0.2) is 4.39 Å². The van der Waals surface area contributed by atoms with Crippen LogP contribution >= 0.6 is 0 Å². The van der Waals surface area contributed by atoms with Crippen LogP contribution in [0.2, 0.25) is 0 Å². The van der Waals surface area contributed by atoms with Crippen LogP contribution in [0.5, 0.6) is 0 Å². The highest BCUT2D eigenvalue weighted by atomic mass is 19.1. The molecule has 0 aliphatic heterocycles. The summed E-state index contributed by atoms with van der Waals surface area (Å²) in [6, 6.07) is 4.22. The number of halogens is 1. The Balaban J connectivity index is 3.21. The Morgan fingerprint density at radius 2 is 2.00 bits per heavy atom. The summed E-state index contributed by atoms with van der Waals surface area (Å²) in [5.74, 6) is 4.90. The molecule has 1 aromatic carbocycles. The van der Waals surface area contributed by atoms with Crippen LogP contribution in [-0.2, 0) is 0 Å². The van der Waals surface area contributed by atoms with Gasteiger partial charge in [0.15, 0.2) is 0 Å². The van der Waals surface area contributed by atoms with Crippen LogP contribution in [0.25, 0.3) is 5.57 Å². The monoisotopic (exact) mass is 230 g/mol. The van der Waals surface area contributed by atoms with Gasteiger partial charge in [-0.3, -0.25) is 0 Å². The molecule has 0 aromatic heterocycles. The van der Waals surface area contributed by atoms with E-state index in [9.17, 15) is 9.50 Å². The first-order valence-corrected chi connectivity index (χ1v) is 5.22. The maximum absolute atomic E-state index is 13.2. The van der Waals surface area contributed by atoms with Crippen molar-refractivity contribution in [2.24, 2.45) is 0 Å². The molecule has 0 spiro atoms. The quantitative estimate of drug-likeness (QED) is 0.771. The highest BCUT2D eigenvalue weighted by Gasteiger charge is 2.11. The van der Waals surface area contributed by atoms with Crippen molar-refractivity contribution in [3.05, 3.63) is 53.9 Å². The lowest BCUT2D eigenvalue weighted by Gasteiger charge is -2.11. The van der Waals surface area contributed by atoms with Crippen LogP contribution in [0.3, 0.4) is 0 Å². The van der Waals surface area contributed by atoms with Crippen molar-refractivity contribution in [2.75, 3.05) is 0 Å². The van der Waals surface area contributed by atoms with Gasteiger partial charge in [0.2, 0.25) is 0 Å². The molecule has 0 fully saturated rings. The predicted molar refractivity (Wildman–Crippen MR) is 68.7 cm³/mol. The Morgan fingerprint density at radius 3 is 2.53 bits per heavy atom. The van der Waals surface area contributed by atoms with Crippen LogP contribution in [0.15, 0.2) is 36.9 Å². The van der Waals surface area contributed by atoms with Gasteiger partial charge in [0.25, 0.3) is 0 Å². The molecule has 0 heterocycles. The Morgan fingerprint density at radius 1 is 1.35 bits per heavy atom. The molecule has 0 radical (unpaired) electrons. The van der Waals surface area contributed by atoms with E-state index in [0.29, 0.717) is 11.1 Å². The topological polar surface area (TPSA) is 20.2 Å².